The van der Waals surface area contributed by atoms with E-state index in [2.05, 4.69) is 207 Å². The maximum absolute atomic E-state index is 12.0. The third-order valence-corrected chi connectivity index (χ3v) is 22.6. The number of carbonyl (C=O) groups excluding carboxylic acids is 8. The number of fused-ring (bicyclic) bond motifs is 3. The number of carbonyl (C=O) groups is 2. The van der Waals surface area contributed by atoms with E-state index in [0.717, 1.165) is 113 Å². The Morgan fingerprint density at radius 1 is 0.544 bits per heavy atom. The zero-order chi connectivity index (χ0) is 76.7. The van der Waals surface area contributed by atoms with Crippen LogP contribution in [0.25, 0.3) is 0 Å². The Morgan fingerprint density at radius 3 is 1.26 bits per heavy atom. The molecule has 0 aromatic rings. The molecular formula is C76H109BrCl3I3O19Y. The Hall–Kier alpha value is -0.416. The molecule has 8 fully saturated rings. The second-order valence-corrected chi connectivity index (χ2v) is 34.0. The molecule has 103 heavy (non-hydrogen) atoms. The summed E-state index contributed by atoms with van der Waals surface area (Å²) in [4.78, 5) is 74.4. The molecule has 0 aromatic heterocycles. The van der Waals surface area contributed by atoms with Crippen LogP contribution in [0.5, 0.6) is 0 Å². The van der Waals surface area contributed by atoms with E-state index in [1.54, 1.807) is 0 Å². The van der Waals surface area contributed by atoms with Gasteiger partial charge in [-0.15, -0.1) is 34.8 Å². The summed E-state index contributed by atoms with van der Waals surface area (Å²) in [6, 6.07) is 0. The van der Waals surface area contributed by atoms with Gasteiger partial charge in [-0.05, 0) is 253 Å². The van der Waals surface area contributed by atoms with Crippen LogP contribution in [-0.4, -0.2) is 169 Å². The molecule has 0 aromatic carbocycles. The van der Waals surface area contributed by atoms with E-state index >= 15 is 0 Å². The van der Waals surface area contributed by atoms with Crippen molar-refractivity contribution in [1.29, 1.82) is 0 Å². The third-order valence-electron chi connectivity index (χ3n) is 20.0. The Bertz CT molecular complexity index is 2800. The number of halogens is 7. The number of Topliss-reactive ketones (excluding diaryl/α,β-unsaturated/α-hetero) is 1. The van der Waals surface area contributed by atoms with Gasteiger partial charge in [0, 0.05) is 90.0 Å². The number of ether oxygens (including phenoxy) is 10. The van der Waals surface area contributed by atoms with Crippen molar-refractivity contribution < 1.29 is 124 Å². The average molecular weight is 1980 g/mol. The van der Waals surface area contributed by atoms with Gasteiger partial charge in [0.1, 0.15) is 18.5 Å². The molecule has 8 heterocycles. The number of hydrogen-bond acceptors (Lipinski definition) is 19. The van der Waals surface area contributed by atoms with Gasteiger partial charge >= 0.3 is 18.5 Å². The molecule has 23 atom stereocenters. The number of aliphatic hydroxyl groups excluding tert-OH is 1. The van der Waals surface area contributed by atoms with Crippen LogP contribution in [0.3, 0.4) is 0 Å². The quantitative estimate of drug-likeness (QED) is 0.0369. The van der Waals surface area contributed by atoms with E-state index in [9.17, 15) is 14.7 Å². The van der Waals surface area contributed by atoms with Crippen LogP contribution in [0.4, 0.5) is 0 Å². The number of aliphatic hydroxyl groups is 1. The molecule has 1 radical (unpaired) electrons. The number of ketones is 1. The topological polar surface area (TPSA) is 249 Å². The van der Waals surface area contributed by atoms with Crippen molar-refractivity contribution in [3.05, 3.63) is 30.5 Å². The minimum atomic E-state index is -0.979. The van der Waals surface area contributed by atoms with Crippen LogP contribution in [-0.2, 0) is 118 Å². The maximum Gasteiger partial charge on any atom is 0.373 e. The molecular weight excluding hydrogens is 1870 g/mol. The van der Waals surface area contributed by atoms with Crippen LogP contribution in [0.1, 0.15) is 198 Å². The first kappa shape index (κ1) is 101. The van der Waals surface area contributed by atoms with Crippen LogP contribution >= 0.6 is 119 Å². The predicted octanol–water partition coefficient (Wildman–Crippen LogP) is 15.8. The summed E-state index contributed by atoms with van der Waals surface area (Å²) in [7, 11) is 0. The molecule has 0 saturated carbocycles. The SMILES string of the molecule is C=C(I)C[C@H](Cl)CCC(=O)C#C[C@H](O)[C@@H]1O[C@H]2CC[C@H](CC)O[C@@H]2[C@H](C)[C@@H]1C.C=C(I)C[C@H](Cl)CCC1(C#CBr)OCCCO1.C=C(I)C[C@H](Cl)CCC1(C#C[C@H](C)[C@@H]2O[C@H]3CC[C@H](CC)O[C@@H]3[C@H](C)[C@@H]2C)OCCCO1.CC[C@H]1CC[C@@H]2O[C@@H](C=O)[C@@H](C)[C@@H](C)[C@H]2O1.O=C=O.O=C=O.O=C=O.[Y]. The van der Waals surface area contributed by atoms with Crippen LogP contribution in [0, 0.1) is 75.9 Å². The molecule has 0 spiro atoms. The van der Waals surface area contributed by atoms with Crippen molar-refractivity contribution in [2.45, 2.75) is 305 Å². The van der Waals surface area contributed by atoms with Crippen molar-refractivity contribution >= 4 is 149 Å². The molecule has 579 valence electrons. The van der Waals surface area contributed by atoms with E-state index in [1.807, 2.05) is 0 Å². The van der Waals surface area contributed by atoms with Gasteiger partial charge in [-0.25, -0.2) is 0 Å². The van der Waals surface area contributed by atoms with E-state index < -0.39 is 23.8 Å². The number of rotatable bonds is 21. The number of alkyl halides is 3. The summed E-state index contributed by atoms with van der Waals surface area (Å²) in [6.07, 6.45) is 19.2. The molecule has 0 amide bonds. The van der Waals surface area contributed by atoms with Gasteiger partial charge in [-0.1, -0.05) is 93.9 Å². The van der Waals surface area contributed by atoms with Gasteiger partial charge in [-0.2, -0.15) is 28.8 Å². The number of allylic oxidation sites excluding steroid dienone is 3. The summed E-state index contributed by atoms with van der Waals surface area (Å²) in [6.45, 7) is 36.1. The number of hydrogen-bond donors (Lipinski definition) is 1. The Labute approximate surface area is 702 Å². The van der Waals surface area contributed by atoms with Crippen molar-refractivity contribution in [3.63, 3.8) is 0 Å². The van der Waals surface area contributed by atoms with Crippen LogP contribution < -0.4 is 0 Å². The van der Waals surface area contributed by atoms with E-state index in [-0.39, 0.29) is 152 Å². The minimum absolute atomic E-state index is 0. The standard InChI is InChI=1S/C26H40ClIO4.C22H32ClIO4.C13H22O3.C12H15BrClIO2.3CO2.Y/c1-6-22-8-9-23-25(31-22)20(5)19(4)24(32-23)17(2)10-12-26(29-14-7-15-30-26)13-11-21(27)16-18(3)28;1-5-18-9-11-20-22(27-18)15(4)14(3)21(28-20)19(26)10-8-17(25)7-6-16(23)12-13(2)24;1-4-10-5-6-11-13(15-10)9(3)8(2)12(7-14)16-11;1-10(15)9-11(14)3-4-12(5-6-13)16-7-2-8-17-12;3*2-1-3;/h17,19-25H,3,6-9,11,13-16H2,1-2,4-5H3;14-16,18-22,26H,2,5-7,9,11-12H2,1,3-4H3;7-13H,4-6H2,1-3H3;11H,1-4,7-9H2;;;;/t17-,19-,20+,21+,22-,23-,24-,25+;14-,15+,16+,18-,19-,20-,21+,22+;8-,9+,10-,11-,12-,13+;11-;;;;/m0001..../s1. The average Bonchev–Trinajstić information content (AvgIpc) is 0.796. The maximum atomic E-state index is 12.0. The van der Waals surface area contributed by atoms with Gasteiger partial charge < -0.3 is 57.3 Å². The minimum Gasteiger partial charge on any atom is -0.378 e. The van der Waals surface area contributed by atoms with Gasteiger partial charge in [0.15, 0.2) is 0 Å². The zero-order valence-corrected chi connectivity index (χ0v) is 74.6. The molecule has 8 saturated heterocycles. The largest absolute Gasteiger partial charge is 0.378 e. The monoisotopic (exact) mass is 1980 g/mol. The zero-order valence-electron chi connectivity index (χ0n) is 61.5. The Kier molecular flexibility index (Phi) is 53.8. The molecule has 19 nitrogen and oxygen atoms in total. The smallest absolute Gasteiger partial charge is 0.373 e. The second kappa shape index (κ2) is 55.1. The van der Waals surface area contributed by atoms with Gasteiger partial charge in [-0.3, -0.25) is 4.79 Å². The summed E-state index contributed by atoms with van der Waals surface area (Å²) in [5.74, 6) is 15.2. The first-order valence-electron chi connectivity index (χ1n) is 35.7. The number of aldehydes is 1. The van der Waals surface area contributed by atoms with E-state index in [1.165, 1.54) is 0 Å². The van der Waals surface area contributed by atoms with Gasteiger partial charge in [0.2, 0.25) is 17.4 Å². The summed E-state index contributed by atoms with van der Waals surface area (Å²) < 4.78 is 63.8. The fourth-order valence-corrected chi connectivity index (χ4v) is 17.2. The normalized spacial score (nSPS) is 31.7. The molecule has 1 N–H and O–H groups in total. The predicted molar refractivity (Wildman–Crippen MR) is 418 cm³/mol. The van der Waals surface area contributed by atoms with E-state index in [0.29, 0.717) is 88.2 Å². The second-order valence-electron chi connectivity index (χ2n) is 27.2. The van der Waals surface area contributed by atoms with Crippen molar-refractivity contribution in [1.82, 2.24) is 0 Å². The van der Waals surface area contributed by atoms with Gasteiger partial charge in [0.25, 0.3) is 0 Å². The molecule has 8 aliphatic heterocycles. The van der Waals surface area contributed by atoms with Crippen molar-refractivity contribution in [3.8, 4) is 34.4 Å². The van der Waals surface area contributed by atoms with Gasteiger partial charge in [0.05, 0.1) is 93.6 Å². The summed E-state index contributed by atoms with van der Waals surface area (Å²) >= 11 is 28.6. The Morgan fingerprint density at radius 2 is 0.893 bits per heavy atom. The fraction of sp³-hybridized carbons (Fsp3) is 0.776. The van der Waals surface area contributed by atoms with Crippen LogP contribution in [0.15, 0.2) is 30.5 Å². The van der Waals surface area contributed by atoms with E-state index in [4.69, 9.17) is 111 Å². The molecule has 8 rings (SSSR count). The molecule has 0 bridgehead atoms. The molecule has 27 heteroatoms. The summed E-state index contributed by atoms with van der Waals surface area (Å²) in [5.41, 5.74) is 0. The third kappa shape index (κ3) is 36.3. The first-order chi connectivity index (χ1) is 48.5. The summed E-state index contributed by atoms with van der Waals surface area (Å²) in [5, 5.41) is 10.5. The Balaban J connectivity index is 0.000000679. The van der Waals surface area contributed by atoms with Crippen LogP contribution in [0.2, 0.25) is 0 Å². The molecule has 0 aliphatic carbocycles. The van der Waals surface area contributed by atoms with Crippen molar-refractivity contribution in [2.24, 2.45) is 41.4 Å². The molecule has 0 unspecified atom stereocenters. The first-order valence-corrected chi connectivity index (χ1v) is 41.0. The fourth-order valence-electron chi connectivity index (χ4n) is 13.7. The van der Waals surface area contributed by atoms with Crippen molar-refractivity contribution in [2.75, 3.05) is 26.4 Å². The molecule has 8 aliphatic rings.